The van der Waals surface area contributed by atoms with Crippen molar-refractivity contribution in [3.63, 3.8) is 0 Å². The summed E-state index contributed by atoms with van der Waals surface area (Å²) in [6.07, 6.45) is 12.7. The van der Waals surface area contributed by atoms with Crippen LogP contribution in [0.3, 0.4) is 0 Å². The Kier molecular flexibility index (Phi) is 7.49. The van der Waals surface area contributed by atoms with Crippen molar-refractivity contribution < 1.29 is 9.31 Å². The third kappa shape index (κ3) is 5.45. The van der Waals surface area contributed by atoms with Crippen LogP contribution in [0.5, 0.6) is 0 Å². The molecule has 1 fully saturated rings. The average Bonchev–Trinajstić information content (AvgIpc) is 2.61. The van der Waals surface area contributed by atoms with Crippen molar-refractivity contribution in [2.45, 2.75) is 104 Å². The summed E-state index contributed by atoms with van der Waals surface area (Å²) < 4.78 is 12.3. The van der Waals surface area contributed by atoms with Crippen molar-refractivity contribution in [3.8, 4) is 0 Å². The van der Waals surface area contributed by atoms with Crippen molar-refractivity contribution in [2.24, 2.45) is 0 Å². The monoisotopic (exact) mass is 294 g/mol. The van der Waals surface area contributed by atoms with E-state index < -0.39 is 0 Å². The molecule has 1 aliphatic heterocycles. The smallest absolute Gasteiger partial charge is 0.400 e. The first-order chi connectivity index (χ1) is 9.84. The van der Waals surface area contributed by atoms with Gasteiger partial charge < -0.3 is 9.31 Å². The molecular formula is C18H35BO2. The number of unbranched alkanes of at least 4 members (excludes halogenated alkanes) is 6. The molecular weight excluding hydrogens is 259 g/mol. The second-order valence-corrected chi connectivity index (χ2v) is 7.32. The standard InChI is InChI=1S/C18H35BO2/c1-7-9-10-11-12-13-14-15-16(8-2)19-20-17(3,4)18(5,6)21-19/h8H,7,9-15H2,1-6H3/b16-8+. The largest absolute Gasteiger partial charge is 0.490 e. The Morgan fingerprint density at radius 1 is 0.857 bits per heavy atom. The molecule has 0 amide bonds. The fourth-order valence-corrected chi connectivity index (χ4v) is 2.68. The molecule has 0 saturated carbocycles. The third-order valence-electron chi connectivity index (χ3n) is 5.00. The van der Waals surface area contributed by atoms with Gasteiger partial charge in [-0.3, -0.25) is 0 Å². The van der Waals surface area contributed by atoms with Crippen molar-refractivity contribution in [3.05, 3.63) is 11.5 Å². The molecule has 1 aliphatic rings. The van der Waals surface area contributed by atoms with Gasteiger partial charge >= 0.3 is 7.12 Å². The molecule has 0 N–H and O–H groups in total. The Bertz CT molecular complexity index is 318. The van der Waals surface area contributed by atoms with E-state index >= 15 is 0 Å². The number of allylic oxidation sites excluding steroid dienone is 2. The molecule has 122 valence electrons. The Morgan fingerprint density at radius 2 is 1.33 bits per heavy atom. The van der Waals surface area contributed by atoms with Crippen LogP contribution in [0.4, 0.5) is 0 Å². The molecule has 3 heteroatoms. The number of hydrogen-bond donors (Lipinski definition) is 0. The van der Waals surface area contributed by atoms with Crippen LogP contribution in [-0.2, 0) is 9.31 Å². The van der Waals surface area contributed by atoms with Crippen LogP contribution < -0.4 is 0 Å². The van der Waals surface area contributed by atoms with Gasteiger partial charge in [0.15, 0.2) is 0 Å². The summed E-state index contributed by atoms with van der Waals surface area (Å²) in [6.45, 7) is 12.8. The van der Waals surface area contributed by atoms with E-state index in [9.17, 15) is 0 Å². The lowest BCUT2D eigenvalue weighted by atomic mass is 9.75. The number of hydrogen-bond acceptors (Lipinski definition) is 2. The summed E-state index contributed by atoms with van der Waals surface area (Å²) in [7, 11) is -0.153. The molecule has 1 saturated heterocycles. The molecule has 21 heavy (non-hydrogen) atoms. The highest BCUT2D eigenvalue weighted by Crippen LogP contribution is 2.39. The summed E-state index contributed by atoms with van der Waals surface area (Å²) in [5, 5.41) is 0. The van der Waals surface area contributed by atoms with Crippen molar-refractivity contribution >= 4 is 7.12 Å². The lowest BCUT2D eigenvalue weighted by Gasteiger charge is -2.32. The van der Waals surface area contributed by atoms with Crippen LogP contribution in [0.1, 0.15) is 92.9 Å². The van der Waals surface area contributed by atoms with Gasteiger partial charge in [-0.25, -0.2) is 0 Å². The maximum absolute atomic E-state index is 6.14. The quantitative estimate of drug-likeness (QED) is 0.401. The van der Waals surface area contributed by atoms with Gasteiger partial charge in [0.25, 0.3) is 0 Å². The molecule has 0 atom stereocenters. The molecule has 0 aromatic heterocycles. The van der Waals surface area contributed by atoms with E-state index in [4.69, 9.17) is 9.31 Å². The van der Waals surface area contributed by atoms with Crippen LogP contribution >= 0.6 is 0 Å². The molecule has 2 nitrogen and oxygen atoms in total. The zero-order valence-corrected chi connectivity index (χ0v) is 15.1. The predicted molar refractivity (Wildman–Crippen MR) is 92.4 cm³/mol. The second kappa shape index (κ2) is 8.38. The molecule has 0 bridgehead atoms. The molecule has 0 spiro atoms. The minimum absolute atomic E-state index is 0.153. The van der Waals surface area contributed by atoms with Gasteiger partial charge in [0.1, 0.15) is 0 Å². The highest BCUT2D eigenvalue weighted by atomic mass is 16.7. The SMILES string of the molecule is C/C=C(\CCCCCCCCC)B1OC(C)(C)C(C)(C)O1. The van der Waals surface area contributed by atoms with Crippen LogP contribution in [0.15, 0.2) is 11.5 Å². The molecule has 0 aromatic carbocycles. The summed E-state index contributed by atoms with van der Waals surface area (Å²) in [6, 6.07) is 0. The van der Waals surface area contributed by atoms with E-state index in [2.05, 4.69) is 47.6 Å². The van der Waals surface area contributed by atoms with E-state index in [0.717, 1.165) is 6.42 Å². The van der Waals surface area contributed by atoms with E-state index in [0.29, 0.717) is 0 Å². The molecule has 0 radical (unpaired) electrons. The average molecular weight is 294 g/mol. The van der Waals surface area contributed by atoms with Gasteiger partial charge in [0, 0.05) is 0 Å². The highest BCUT2D eigenvalue weighted by Gasteiger charge is 2.51. The minimum Gasteiger partial charge on any atom is -0.400 e. The first-order valence-corrected chi connectivity index (χ1v) is 8.85. The van der Waals surface area contributed by atoms with Gasteiger partial charge in [-0.1, -0.05) is 57.9 Å². The Balaban J connectivity index is 2.31. The lowest BCUT2D eigenvalue weighted by Crippen LogP contribution is -2.41. The first-order valence-electron chi connectivity index (χ1n) is 8.85. The molecule has 0 aromatic rings. The van der Waals surface area contributed by atoms with Crippen molar-refractivity contribution in [1.82, 2.24) is 0 Å². The van der Waals surface area contributed by atoms with Gasteiger partial charge in [-0.05, 0) is 46.5 Å². The highest BCUT2D eigenvalue weighted by molar-refractivity contribution is 6.54. The predicted octanol–water partition coefficient (Wildman–Crippen LogP) is 5.70. The van der Waals surface area contributed by atoms with Gasteiger partial charge in [0.05, 0.1) is 11.2 Å². The fraction of sp³-hybridized carbons (Fsp3) is 0.889. The molecule has 1 heterocycles. The topological polar surface area (TPSA) is 18.5 Å². The summed E-state index contributed by atoms with van der Waals surface area (Å²) in [5.41, 5.74) is 0.847. The second-order valence-electron chi connectivity index (χ2n) is 7.32. The Morgan fingerprint density at radius 3 is 1.81 bits per heavy atom. The van der Waals surface area contributed by atoms with E-state index in [1.807, 2.05) is 0 Å². The van der Waals surface area contributed by atoms with Crippen LogP contribution in [0.2, 0.25) is 0 Å². The van der Waals surface area contributed by atoms with E-state index in [1.165, 1.54) is 50.4 Å². The minimum atomic E-state index is -0.230. The maximum Gasteiger partial charge on any atom is 0.490 e. The first kappa shape index (κ1) is 18.8. The lowest BCUT2D eigenvalue weighted by molar-refractivity contribution is 0.00578. The maximum atomic E-state index is 6.14. The van der Waals surface area contributed by atoms with Crippen molar-refractivity contribution in [2.75, 3.05) is 0 Å². The molecule has 0 aliphatic carbocycles. The Hall–Kier alpha value is -0.275. The molecule has 0 unspecified atom stereocenters. The number of rotatable bonds is 9. The van der Waals surface area contributed by atoms with Crippen molar-refractivity contribution in [1.29, 1.82) is 0 Å². The summed E-state index contributed by atoms with van der Waals surface area (Å²) in [4.78, 5) is 0. The van der Waals surface area contributed by atoms with Crippen LogP contribution in [-0.4, -0.2) is 18.3 Å². The van der Waals surface area contributed by atoms with Gasteiger partial charge in [-0.15, -0.1) is 0 Å². The zero-order valence-electron chi connectivity index (χ0n) is 15.1. The molecule has 1 rings (SSSR count). The van der Waals surface area contributed by atoms with Gasteiger partial charge in [-0.2, -0.15) is 0 Å². The van der Waals surface area contributed by atoms with Crippen LogP contribution in [0, 0.1) is 0 Å². The summed E-state index contributed by atoms with van der Waals surface area (Å²) in [5.74, 6) is 0. The van der Waals surface area contributed by atoms with Gasteiger partial charge in [0.2, 0.25) is 0 Å². The third-order valence-corrected chi connectivity index (χ3v) is 5.00. The normalized spacial score (nSPS) is 21.0. The zero-order chi connectivity index (χ0) is 15.9. The van der Waals surface area contributed by atoms with E-state index in [-0.39, 0.29) is 18.3 Å². The summed E-state index contributed by atoms with van der Waals surface area (Å²) >= 11 is 0. The van der Waals surface area contributed by atoms with Crippen LogP contribution in [0.25, 0.3) is 0 Å². The van der Waals surface area contributed by atoms with E-state index in [1.54, 1.807) is 0 Å². The Labute approximate surface area is 132 Å². The fourth-order valence-electron chi connectivity index (χ4n) is 2.68.